The van der Waals surface area contributed by atoms with Gasteiger partial charge < -0.3 is 4.57 Å². The van der Waals surface area contributed by atoms with Crippen molar-refractivity contribution in [3.05, 3.63) is 24.3 Å². The smallest absolute Gasteiger partial charge is 0.169 e. The highest BCUT2D eigenvalue weighted by Crippen LogP contribution is 2.26. The summed E-state index contributed by atoms with van der Waals surface area (Å²) in [6.07, 6.45) is 1.06. The molecule has 1 aromatic heterocycles. The van der Waals surface area contributed by atoms with Gasteiger partial charge in [-0.05, 0) is 18.6 Å². The van der Waals surface area contributed by atoms with E-state index >= 15 is 0 Å². The Kier molecular flexibility index (Phi) is 6.29. The highest BCUT2D eigenvalue weighted by molar-refractivity contribution is 7.99. The molecule has 21 heavy (non-hydrogen) atoms. The molecule has 3 nitrogen and oxygen atoms in total. The zero-order chi connectivity index (χ0) is 14.8. The molecule has 0 saturated heterocycles. The number of halogens is 1. The van der Waals surface area contributed by atoms with Gasteiger partial charge in [-0.25, -0.2) is 4.98 Å². The normalized spacial score (nSPS) is 11.4. The average Bonchev–Trinajstić information content (AvgIpc) is 2.74. The number of para-hydroxylation sites is 2. The molecule has 116 valence electrons. The van der Waals surface area contributed by atoms with Crippen LogP contribution in [0.1, 0.15) is 34.1 Å². The van der Waals surface area contributed by atoms with E-state index in [2.05, 4.69) is 22.5 Å². The Morgan fingerprint density at radius 2 is 1.95 bits per heavy atom. The van der Waals surface area contributed by atoms with Gasteiger partial charge in [-0.15, -0.1) is 12.4 Å². The minimum absolute atomic E-state index is 0. The van der Waals surface area contributed by atoms with Crippen LogP contribution in [-0.2, 0) is 11.3 Å². The van der Waals surface area contributed by atoms with Crippen LogP contribution in [0.2, 0.25) is 0 Å². The predicted molar refractivity (Wildman–Crippen MR) is 92.5 cm³/mol. The lowest BCUT2D eigenvalue weighted by Gasteiger charge is -2.16. The van der Waals surface area contributed by atoms with Gasteiger partial charge in [-0.1, -0.05) is 51.6 Å². The molecular weight excluding hydrogens is 304 g/mol. The van der Waals surface area contributed by atoms with E-state index in [-0.39, 0.29) is 23.6 Å². The third kappa shape index (κ3) is 4.24. The Balaban J connectivity index is 0.00000220. The summed E-state index contributed by atoms with van der Waals surface area (Å²) in [5.41, 5.74) is 1.88. The SMILES string of the molecule is CCCn1c(SCC(=O)C(C)(C)C)nc2ccccc21.Cl. The van der Waals surface area contributed by atoms with E-state index in [4.69, 9.17) is 0 Å². The zero-order valence-corrected chi connectivity index (χ0v) is 14.7. The van der Waals surface area contributed by atoms with Crippen molar-refractivity contribution in [2.75, 3.05) is 5.75 Å². The predicted octanol–water partition coefficient (Wildman–Crippen LogP) is 4.58. The molecule has 0 bridgehead atoms. The number of hydrogen-bond acceptors (Lipinski definition) is 3. The van der Waals surface area contributed by atoms with Crippen LogP contribution in [0, 0.1) is 5.41 Å². The van der Waals surface area contributed by atoms with Gasteiger partial charge in [0.2, 0.25) is 0 Å². The fraction of sp³-hybridized carbons (Fsp3) is 0.500. The molecular formula is C16H23ClN2OS. The summed E-state index contributed by atoms with van der Waals surface area (Å²) in [5.74, 6) is 0.744. The first-order valence-corrected chi connectivity index (χ1v) is 8.03. The quantitative estimate of drug-likeness (QED) is 0.754. The molecule has 0 aliphatic rings. The third-order valence-electron chi connectivity index (χ3n) is 3.24. The number of benzene rings is 1. The fourth-order valence-corrected chi connectivity index (χ4v) is 3.15. The van der Waals surface area contributed by atoms with E-state index in [1.54, 1.807) is 11.8 Å². The molecule has 0 saturated carbocycles. The zero-order valence-electron chi connectivity index (χ0n) is 13.0. The topological polar surface area (TPSA) is 34.9 Å². The number of carbonyl (C=O) groups is 1. The largest absolute Gasteiger partial charge is 0.319 e. The van der Waals surface area contributed by atoms with Crippen LogP contribution in [0.25, 0.3) is 11.0 Å². The van der Waals surface area contributed by atoms with Crippen molar-refractivity contribution < 1.29 is 4.79 Å². The molecule has 0 aliphatic heterocycles. The highest BCUT2D eigenvalue weighted by atomic mass is 35.5. The van der Waals surface area contributed by atoms with Crippen LogP contribution in [0.4, 0.5) is 0 Å². The molecule has 0 spiro atoms. The Labute approximate surface area is 136 Å². The van der Waals surface area contributed by atoms with E-state index in [1.165, 1.54) is 0 Å². The summed E-state index contributed by atoms with van der Waals surface area (Å²) in [6.45, 7) is 8.98. The van der Waals surface area contributed by atoms with Gasteiger partial charge in [0.1, 0.15) is 5.78 Å². The van der Waals surface area contributed by atoms with Gasteiger partial charge in [0.15, 0.2) is 5.16 Å². The Morgan fingerprint density at radius 1 is 1.29 bits per heavy atom. The second-order valence-corrected chi connectivity index (χ2v) is 6.94. The number of aryl methyl sites for hydroxylation is 1. The Bertz CT molecular complexity index is 616. The summed E-state index contributed by atoms with van der Waals surface area (Å²) in [4.78, 5) is 16.7. The summed E-state index contributed by atoms with van der Waals surface area (Å²) in [6, 6.07) is 8.15. The van der Waals surface area contributed by atoms with Crippen molar-refractivity contribution in [1.82, 2.24) is 9.55 Å². The van der Waals surface area contributed by atoms with Crippen molar-refractivity contribution in [2.45, 2.75) is 45.8 Å². The van der Waals surface area contributed by atoms with E-state index in [0.717, 1.165) is 29.2 Å². The summed E-state index contributed by atoms with van der Waals surface area (Å²) >= 11 is 1.55. The fourth-order valence-electron chi connectivity index (χ4n) is 1.95. The van der Waals surface area contributed by atoms with Crippen LogP contribution in [0.5, 0.6) is 0 Å². The standard InChI is InChI=1S/C16H22N2OS.ClH/c1-5-10-18-13-9-7-6-8-12(13)17-15(18)20-11-14(19)16(2,3)4;/h6-9H,5,10-11H2,1-4H3;1H. The molecule has 0 fully saturated rings. The van der Waals surface area contributed by atoms with Crippen LogP contribution >= 0.6 is 24.2 Å². The minimum atomic E-state index is -0.283. The molecule has 1 heterocycles. The molecule has 5 heteroatoms. The monoisotopic (exact) mass is 326 g/mol. The molecule has 0 radical (unpaired) electrons. The molecule has 0 amide bonds. The number of rotatable bonds is 5. The van der Waals surface area contributed by atoms with Crippen LogP contribution in [0.3, 0.4) is 0 Å². The summed E-state index contributed by atoms with van der Waals surface area (Å²) in [5, 5.41) is 0.950. The lowest BCUT2D eigenvalue weighted by Crippen LogP contribution is -2.22. The second-order valence-electron chi connectivity index (χ2n) is 6.00. The first-order chi connectivity index (χ1) is 9.43. The molecule has 0 unspecified atom stereocenters. The number of nitrogens with zero attached hydrogens (tertiary/aromatic N) is 2. The minimum Gasteiger partial charge on any atom is -0.319 e. The highest BCUT2D eigenvalue weighted by Gasteiger charge is 2.22. The van der Waals surface area contributed by atoms with Crippen molar-refractivity contribution in [1.29, 1.82) is 0 Å². The van der Waals surface area contributed by atoms with Gasteiger partial charge in [-0.3, -0.25) is 4.79 Å². The van der Waals surface area contributed by atoms with Crippen LogP contribution in [-0.4, -0.2) is 21.1 Å². The lowest BCUT2D eigenvalue weighted by molar-refractivity contribution is -0.123. The molecule has 2 aromatic rings. The van der Waals surface area contributed by atoms with Crippen molar-refractivity contribution in [2.24, 2.45) is 5.41 Å². The van der Waals surface area contributed by atoms with Crippen LogP contribution < -0.4 is 0 Å². The Hall–Kier alpha value is -1.00. The maximum atomic E-state index is 12.1. The van der Waals surface area contributed by atoms with Gasteiger partial charge in [0.05, 0.1) is 16.8 Å². The van der Waals surface area contributed by atoms with E-state index in [9.17, 15) is 4.79 Å². The number of carbonyl (C=O) groups excluding carboxylic acids is 1. The number of hydrogen-bond donors (Lipinski definition) is 0. The van der Waals surface area contributed by atoms with Crippen molar-refractivity contribution in [3.8, 4) is 0 Å². The van der Waals surface area contributed by atoms with Crippen molar-refractivity contribution >= 4 is 41.0 Å². The number of aromatic nitrogens is 2. The number of fused-ring (bicyclic) bond motifs is 1. The molecule has 0 aliphatic carbocycles. The molecule has 2 rings (SSSR count). The average molecular weight is 327 g/mol. The Morgan fingerprint density at radius 3 is 2.57 bits per heavy atom. The van der Waals surface area contributed by atoms with E-state index in [1.807, 2.05) is 39.0 Å². The van der Waals surface area contributed by atoms with Gasteiger partial charge >= 0.3 is 0 Å². The van der Waals surface area contributed by atoms with Crippen molar-refractivity contribution in [3.63, 3.8) is 0 Å². The molecule has 0 atom stereocenters. The maximum Gasteiger partial charge on any atom is 0.169 e. The van der Waals surface area contributed by atoms with E-state index < -0.39 is 0 Å². The molecule has 1 aromatic carbocycles. The summed E-state index contributed by atoms with van der Waals surface area (Å²) in [7, 11) is 0. The number of thioether (sulfide) groups is 1. The van der Waals surface area contributed by atoms with E-state index in [0.29, 0.717) is 5.75 Å². The number of Topliss-reactive ketones (excluding diaryl/α,β-unsaturated/α-hetero) is 1. The first kappa shape index (κ1) is 18.1. The third-order valence-corrected chi connectivity index (χ3v) is 4.21. The van der Waals surface area contributed by atoms with Gasteiger partial charge in [0.25, 0.3) is 0 Å². The summed E-state index contributed by atoms with van der Waals surface area (Å²) < 4.78 is 2.22. The maximum absolute atomic E-state index is 12.1. The van der Waals surface area contributed by atoms with Crippen LogP contribution in [0.15, 0.2) is 29.4 Å². The number of ketones is 1. The lowest BCUT2D eigenvalue weighted by atomic mass is 9.92. The van der Waals surface area contributed by atoms with Gasteiger partial charge in [0, 0.05) is 12.0 Å². The molecule has 0 N–H and O–H groups in total. The van der Waals surface area contributed by atoms with Gasteiger partial charge in [-0.2, -0.15) is 0 Å². The first-order valence-electron chi connectivity index (χ1n) is 7.05. The number of imidazole rings is 1. The second kappa shape index (κ2) is 7.32.